The van der Waals surface area contributed by atoms with Gasteiger partial charge in [-0.2, -0.15) is 0 Å². The Morgan fingerprint density at radius 3 is 2.95 bits per heavy atom. The predicted molar refractivity (Wildman–Crippen MR) is 76.5 cm³/mol. The number of amides is 1. The molecular formula is C16H19NO4. The zero-order valence-electron chi connectivity index (χ0n) is 12.1. The number of Topliss-reactive ketones (excluding diaryl/α,β-unsaturated/α-hetero) is 1. The molecule has 112 valence electrons. The van der Waals surface area contributed by atoms with E-state index in [9.17, 15) is 9.59 Å². The second-order valence-corrected chi connectivity index (χ2v) is 5.74. The van der Waals surface area contributed by atoms with E-state index >= 15 is 0 Å². The van der Waals surface area contributed by atoms with Gasteiger partial charge in [0.15, 0.2) is 17.3 Å². The molecule has 1 aromatic carbocycles. The smallest absolute Gasteiger partial charge is 0.231 e. The number of hydrogen-bond donors (Lipinski definition) is 0. The van der Waals surface area contributed by atoms with Gasteiger partial charge in [0.1, 0.15) is 0 Å². The van der Waals surface area contributed by atoms with Gasteiger partial charge >= 0.3 is 0 Å². The van der Waals surface area contributed by atoms with Crippen LogP contribution in [0.4, 0.5) is 0 Å². The van der Waals surface area contributed by atoms with Gasteiger partial charge in [-0.15, -0.1) is 0 Å². The van der Waals surface area contributed by atoms with E-state index < -0.39 is 0 Å². The van der Waals surface area contributed by atoms with Crippen molar-refractivity contribution in [3.05, 3.63) is 23.8 Å². The second-order valence-electron chi connectivity index (χ2n) is 5.74. The molecule has 1 amide bonds. The number of ether oxygens (including phenoxy) is 2. The van der Waals surface area contributed by atoms with Crippen molar-refractivity contribution in [3.63, 3.8) is 0 Å². The minimum atomic E-state index is -0.0591. The Hall–Kier alpha value is -2.04. The lowest BCUT2D eigenvalue weighted by Gasteiger charge is -2.19. The van der Waals surface area contributed by atoms with Crippen molar-refractivity contribution in [1.82, 2.24) is 4.90 Å². The van der Waals surface area contributed by atoms with Gasteiger partial charge in [0.25, 0.3) is 0 Å². The number of hydrogen-bond acceptors (Lipinski definition) is 4. The average Bonchev–Trinajstić information content (AvgIpc) is 2.89. The second kappa shape index (κ2) is 5.76. The van der Waals surface area contributed by atoms with Gasteiger partial charge in [0.2, 0.25) is 12.7 Å². The van der Waals surface area contributed by atoms with Crippen LogP contribution in [0.1, 0.15) is 36.5 Å². The van der Waals surface area contributed by atoms with Gasteiger partial charge < -0.3 is 14.4 Å². The van der Waals surface area contributed by atoms with Crippen LogP contribution >= 0.6 is 0 Å². The van der Waals surface area contributed by atoms with Crippen LogP contribution in [0, 0.1) is 5.92 Å². The third kappa shape index (κ3) is 3.01. The van der Waals surface area contributed by atoms with Crippen LogP contribution < -0.4 is 9.47 Å². The average molecular weight is 289 g/mol. The lowest BCUT2D eigenvalue weighted by molar-refractivity contribution is -0.130. The van der Waals surface area contributed by atoms with Crippen molar-refractivity contribution in [2.24, 2.45) is 5.92 Å². The van der Waals surface area contributed by atoms with E-state index in [0.29, 0.717) is 35.9 Å². The lowest BCUT2D eigenvalue weighted by Crippen LogP contribution is -2.35. The van der Waals surface area contributed by atoms with Crippen LogP contribution in [0.3, 0.4) is 0 Å². The van der Waals surface area contributed by atoms with E-state index in [1.54, 1.807) is 23.1 Å². The predicted octanol–water partition coefficient (Wildman–Crippen LogP) is 2.25. The summed E-state index contributed by atoms with van der Waals surface area (Å²) in [6.45, 7) is 3.15. The Kier molecular flexibility index (Phi) is 3.82. The largest absolute Gasteiger partial charge is 0.454 e. The fraction of sp³-hybridized carbons (Fsp3) is 0.500. The maximum absolute atomic E-state index is 12.4. The zero-order chi connectivity index (χ0) is 14.8. The van der Waals surface area contributed by atoms with E-state index in [1.165, 1.54) is 0 Å². The first-order valence-electron chi connectivity index (χ1n) is 7.34. The maximum atomic E-state index is 12.4. The zero-order valence-corrected chi connectivity index (χ0v) is 12.1. The molecule has 0 aromatic heterocycles. The number of rotatable bonds is 3. The molecule has 0 N–H and O–H groups in total. The molecule has 5 heteroatoms. The van der Waals surface area contributed by atoms with Gasteiger partial charge in [-0.25, -0.2) is 0 Å². The van der Waals surface area contributed by atoms with Gasteiger partial charge in [-0.3, -0.25) is 9.59 Å². The first kappa shape index (κ1) is 13.9. The summed E-state index contributed by atoms with van der Waals surface area (Å²) in [5, 5.41) is 0. The molecule has 21 heavy (non-hydrogen) atoms. The summed E-state index contributed by atoms with van der Waals surface area (Å²) < 4.78 is 10.5. The van der Waals surface area contributed by atoms with Gasteiger partial charge in [0.05, 0.1) is 6.54 Å². The van der Waals surface area contributed by atoms with Crippen LogP contribution in [0.5, 0.6) is 11.5 Å². The first-order valence-corrected chi connectivity index (χ1v) is 7.34. The highest BCUT2D eigenvalue weighted by molar-refractivity contribution is 5.99. The molecule has 0 aliphatic carbocycles. The summed E-state index contributed by atoms with van der Waals surface area (Å²) in [6, 6.07) is 5.15. The topological polar surface area (TPSA) is 55.8 Å². The van der Waals surface area contributed by atoms with Gasteiger partial charge in [-0.1, -0.05) is 6.92 Å². The van der Waals surface area contributed by atoms with Crippen molar-refractivity contribution in [3.8, 4) is 11.5 Å². The quantitative estimate of drug-likeness (QED) is 0.801. The Labute approximate surface area is 123 Å². The molecule has 2 aliphatic rings. The number of carbonyl (C=O) groups is 2. The standard InChI is InChI=1S/C16H19NO4/c1-11-2-5-16(19)17(7-6-11)9-13(18)12-3-4-14-15(8-12)21-10-20-14/h3-4,8,11H,2,5-7,9-10H2,1H3. The maximum Gasteiger partial charge on any atom is 0.231 e. The lowest BCUT2D eigenvalue weighted by atomic mass is 10.0. The fourth-order valence-corrected chi connectivity index (χ4v) is 2.68. The van der Waals surface area contributed by atoms with Crippen molar-refractivity contribution in [1.29, 1.82) is 0 Å². The van der Waals surface area contributed by atoms with Crippen LogP contribution in [-0.4, -0.2) is 36.5 Å². The van der Waals surface area contributed by atoms with Crippen molar-refractivity contribution in [2.45, 2.75) is 26.2 Å². The van der Waals surface area contributed by atoms with Crippen LogP contribution in [0.25, 0.3) is 0 Å². The Balaban J connectivity index is 1.69. The van der Waals surface area contributed by atoms with E-state index in [-0.39, 0.29) is 25.0 Å². The van der Waals surface area contributed by atoms with Crippen LogP contribution in [0.2, 0.25) is 0 Å². The number of likely N-dealkylation sites (tertiary alicyclic amines) is 1. The number of fused-ring (bicyclic) bond motifs is 1. The minimum Gasteiger partial charge on any atom is -0.454 e. The van der Waals surface area contributed by atoms with Gasteiger partial charge in [0, 0.05) is 18.5 Å². The monoisotopic (exact) mass is 289 g/mol. The summed E-state index contributed by atoms with van der Waals surface area (Å²) in [5.74, 6) is 1.81. The molecule has 2 heterocycles. The van der Waals surface area contributed by atoms with Crippen molar-refractivity contribution >= 4 is 11.7 Å². The molecule has 1 atom stereocenters. The molecular weight excluding hydrogens is 270 g/mol. The fourth-order valence-electron chi connectivity index (χ4n) is 2.68. The van der Waals surface area contributed by atoms with Crippen molar-refractivity contribution in [2.75, 3.05) is 19.9 Å². The molecule has 1 fully saturated rings. The van der Waals surface area contributed by atoms with E-state index in [1.807, 2.05) is 0 Å². The van der Waals surface area contributed by atoms with Crippen molar-refractivity contribution < 1.29 is 19.1 Å². The number of ketones is 1. The molecule has 0 saturated carbocycles. The molecule has 1 unspecified atom stereocenters. The molecule has 1 aromatic rings. The number of carbonyl (C=O) groups excluding carboxylic acids is 2. The van der Waals surface area contributed by atoms with Crippen LogP contribution in [0.15, 0.2) is 18.2 Å². The molecule has 0 spiro atoms. The Morgan fingerprint density at radius 1 is 1.29 bits per heavy atom. The third-order valence-electron chi connectivity index (χ3n) is 4.12. The third-order valence-corrected chi connectivity index (χ3v) is 4.12. The summed E-state index contributed by atoms with van der Waals surface area (Å²) in [4.78, 5) is 26.1. The highest BCUT2D eigenvalue weighted by Crippen LogP contribution is 2.32. The Morgan fingerprint density at radius 2 is 2.10 bits per heavy atom. The molecule has 0 radical (unpaired) electrons. The first-order chi connectivity index (χ1) is 10.1. The normalized spacial score (nSPS) is 21.3. The molecule has 1 saturated heterocycles. The Bertz CT molecular complexity index is 569. The molecule has 3 rings (SSSR count). The minimum absolute atomic E-state index is 0.0591. The number of benzene rings is 1. The van der Waals surface area contributed by atoms with Gasteiger partial charge in [-0.05, 0) is 37.0 Å². The summed E-state index contributed by atoms with van der Waals surface area (Å²) >= 11 is 0. The summed E-state index contributed by atoms with van der Waals surface area (Å²) in [7, 11) is 0. The molecule has 0 bridgehead atoms. The van der Waals surface area contributed by atoms with E-state index in [4.69, 9.17) is 9.47 Å². The highest BCUT2D eigenvalue weighted by atomic mass is 16.7. The number of nitrogens with zero attached hydrogens (tertiary/aromatic N) is 1. The highest BCUT2D eigenvalue weighted by Gasteiger charge is 2.23. The van der Waals surface area contributed by atoms with E-state index in [0.717, 1.165) is 12.8 Å². The van der Waals surface area contributed by atoms with Crippen LogP contribution in [-0.2, 0) is 4.79 Å². The molecule has 5 nitrogen and oxygen atoms in total. The molecule has 2 aliphatic heterocycles. The summed E-state index contributed by atoms with van der Waals surface area (Å²) in [5.41, 5.74) is 0.560. The SMILES string of the molecule is CC1CCC(=O)N(CC(=O)c2ccc3c(c2)OCO3)CC1. The summed E-state index contributed by atoms with van der Waals surface area (Å²) in [6.07, 6.45) is 2.41. The van der Waals surface area contributed by atoms with E-state index in [2.05, 4.69) is 6.92 Å².